The van der Waals surface area contributed by atoms with Crippen molar-refractivity contribution in [2.75, 3.05) is 5.75 Å². The molecule has 2 N–H and O–H groups in total. The maximum atomic E-state index is 11.2. The summed E-state index contributed by atoms with van der Waals surface area (Å²) < 4.78 is 0. The van der Waals surface area contributed by atoms with Gasteiger partial charge >= 0.3 is 5.69 Å². The van der Waals surface area contributed by atoms with Crippen molar-refractivity contribution in [2.24, 2.45) is 0 Å². The highest BCUT2D eigenvalue weighted by Crippen LogP contribution is 2.01. The highest BCUT2D eigenvalue weighted by atomic mass is 32.2. The number of carbonyl (C=O) groups excluding carboxylic acids is 1. The molecule has 0 saturated carbocycles. The molecule has 0 amide bonds. The van der Waals surface area contributed by atoms with E-state index in [0.717, 1.165) is 0 Å². The van der Waals surface area contributed by atoms with Gasteiger partial charge in [0.25, 0.3) is 5.56 Å². The van der Waals surface area contributed by atoms with Gasteiger partial charge in [0, 0.05) is 25.3 Å². The Morgan fingerprint density at radius 1 is 1.50 bits per heavy atom. The first-order valence-corrected chi connectivity index (χ1v) is 5.52. The second kappa shape index (κ2) is 5.98. The van der Waals surface area contributed by atoms with E-state index in [1.165, 1.54) is 24.9 Å². The number of hydrogen-bond acceptors (Lipinski definition) is 4. The number of nitrogens with one attached hydrogen (secondary N) is 2. The van der Waals surface area contributed by atoms with Gasteiger partial charge < -0.3 is 4.98 Å². The van der Waals surface area contributed by atoms with E-state index in [9.17, 15) is 14.4 Å². The molecular weight excluding hydrogens is 228 g/mol. The van der Waals surface area contributed by atoms with Crippen molar-refractivity contribution in [3.05, 3.63) is 32.6 Å². The Labute approximate surface area is 95.7 Å². The van der Waals surface area contributed by atoms with Crippen LogP contribution in [0.1, 0.15) is 18.9 Å². The first kappa shape index (κ1) is 12.3. The van der Waals surface area contributed by atoms with Gasteiger partial charge in [0.15, 0.2) is 5.12 Å². The largest absolute Gasteiger partial charge is 0.325 e. The third kappa shape index (κ3) is 4.19. The van der Waals surface area contributed by atoms with E-state index in [0.29, 0.717) is 12.2 Å². The standard InChI is InChI=1S/C10H10N2O3S/c1-7(13)16-5-3-2-4-8-6-11-10(15)12-9(8)14/h6H,3,5H2,1H3,(H2,11,12,14,15). The van der Waals surface area contributed by atoms with Crippen molar-refractivity contribution in [2.45, 2.75) is 13.3 Å². The first-order valence-electron chi connectivity index (χ1n) is 4.54. The zero-order chi connectivity index (χ0) is 12.0. The van der Waals surface area contributed by atoms with Gasteiger partial charge in [-0.1, -0.05) is 23.6 Å². The predicted molar refractivity (Wildman–Crippen MR) is 62.3 cm³/mol. The average Bonchev–Trinajstić information content (AvgIpc) is 2.20. The minimum atomic E-state index is -0.553. The van der Waals surface area contributed by atoms with E-state index in [-0.39, 0.29) is 10.7 Å². The number of H-pyrrole nitrogens is 2. The maximum absolute atomic E-state index is 11.2. The number of thioether (sulfide) groups is 1. The third-order valence-electron chi connectivity index (χ3n) is 1.57. The molecule has 1 aromatic heterocycles. The van der Waals surface area contributed by atoms with Crippen LogP contribution >= 0.6 is 11.8 Å². The summed E-state index contributed by atoms with van der Waals surface area (Å²) >= 11 is 1.19. The number of aromatic nitrogens is 2. The van der Waals surface area contributed by atoms with Gasteiger partial charge in [0.1, 0.15) is 5.56 Å². The minimum Gasteiger partial charge on any atom is -0.313 e. The lowest BCUT2D eigenvalue weighted by molar-refractivity contribution is -0.109. The van der Waals surface area contributed by atoms with Crippen LogP contribution in [0.4, 0.5) is 0 Å². The van der Waals surface area contributed by atoms with Crippen LogP contribution in [-0.2, 0) is 4.79 Å². The molecule has 1 aromatic rings. The van der Waals surface area contributed by atoms with Crippen LogP contribution in [0.15, 0.2) is 15.8 Å². The van der Waals surface area contributed by atoms with E-state index in [2.05, 4.69) is 21.8 Å². The summed E-state index contributed by atoms with van der Waals surface area (Å²) in [6, 6.07) is 0. The van der Waals surface area contributed by atoms with Crippen LogP contribution in [0, 0.1) is 11.8 Å². The predicted octanol–water partition coefficient (Wildman–Crippen LogP) is 0.0845. The van der Waals surface area contributed by atoms with Gasteiger partial charge in [-0.15, -0.1) is 0 Å². The molecule has 0 radical (unpaired) electrons. The summed E-state index contributed by atoms with van der Waals surface area (Å²) in [6.45, 7) is 1.49. The molecule has 16 heavy (non-hydrogen) atoms. The van der Waals surface area contributed by atoms with Crippen LogP contribution in [0.2, 0.25) is 0 Å². The number of rotatable bonds is 2. The molecule has 0 atom stereocenters. The quantitative estimate of drug-likeness (QED) is 0.565. The van der Waals surface area contributed by atoms with Crippen LogP contribution < -0.4 is 11.2 Å². The summed E-state index contributed by atoms with van der Waals surface area (Å²) in [7, 11) is 0. The molecule has 0 aromatic carbocycles. The van der Waals surface area contributed by atoms with E-state index in [1.807, 2.05) is 0 Å². The Morgan fingerprint density at radius 3 is 2.88 bits per heavy atom. The van der Waals surface area contributed by atoms with Crippen molar-refractivity contribution in [1.29, 1.82) is 0 Å². The fourth-order valence-corrected chi connectivity index (χ4v) is 1.40. The highest BCUT2D eigenvalue weighted by molar-refractivity contribution is 8.13. The molecule has 0 saturated heterocycles. The number of aromatic amines is 2. The van der Waals surface area contributed by atoms with Crippen molar-refractivity contribution in [1.82, 2.24) is 9.97 Å². The number of hydrogen-bond donors (Lipinski definition) is 2. The van der Waals surface area contributed by atoms with Crippen molar-refractivity contribution in [3.8, 4) is 11.8 Å². The van der Waals surface area contributed by atoms with Gasteiger partial charge in [-0.05, 0) is 0 Å². The fraction of sp³-hybridized carbons (Fsp3) is 0.300. The highest BCUT2D eigenvalue weighted by Gasteiger charge is 1.94. The maximum Gasteiger partial charge on any atom is 0.325 e. The topological polar surface area (TPSA) is 82.8 Å². The molecule has 0 aliphatic heterocycles. The fourth-order valence-electron chi connectivity index (χ4n) is 0.906. The second-order valence-electron chi connectivity index (χ2n) is 2.88. The third-order valence-corrected chi connectivity index (χ3v) is 2.39. The minimum absolute atomic E-state index is 0.0451. The Hall–Kier alpha value is -1.74. The Kier molecular flexibility index (Phi) is 4.61. The van der Waals surface area contributed by atoms with E-state index >= 15 is 0 Å². The van der Waals surface area contributed by atoms with Crippen LogP contribution in [0.25, 0.3) is 0 Å². The summed E-state index contributed by atoms with van der Waals surface area (Å²) in [6.07, 6.45) is 1.79. The molecule has 0 bridgehead atoms. The Balaban J connectivity index is 2.60. The van der Waals surface area contributed by atoms with Gasteiger partial charge in [0.2, 0.25) is 0 Å². The molecule has 1 rings (SSSR count). The summed E-state index contributed by atoms with van der Waals surface area (Å²) in [5.74, 6) is 5.98. The monoisotopic (exact) mass is 238 g/mol. The summed E-state index contributed by atoms with van der Waals surface area (Å²) in [4.78, 5) is 36.9. The van der Waals surface area contributed by atoms with Gasteiger partial charge in [-0.2, -0.15) is 0 Å². The van der Waals surface area contributed by atoms with Gasteiger partial charge in [-0.3, -0.25) is 14.6 Å². The molecule has 6 heteroatoms. The smallest absolute Gasteiger partial charge is 0.313 e. The summed E-state index contributed by atoms with van der Waals surface area (Å²) in [5, 5.41) is 0.0451. The van der Waals surface area contributed by atoms with E-state index in [4.69, 9.17) is 0 Å². The molecule has 0 unspecified atom stereocenters. The molecule has 0 aliphatic carbocycles. The average molecular weight is 238 g/mol. The molecule has 0 fully saturated rings. The number of carbonyl (C=O) groups is 1. The summed E-state index contributed by atoms with van der Waals surface area (Å²) in [5.41, 5.74) is -0.842. The Bertz CT molecular complexity index is 547. The molecule has 5 nitrogen and oxygen atoms in total. The normalized spacial score (nSPS) is 9.31. The van der Waals surface area contributed by atoms with Gasteiger partial charge in [-0.25, -0.2) is 4.79 Å². The molecule has 0 aliphatic rings. The van der Waals surface area contributed by atoms with Crippen molar-refractivity contribution >= 4 is 16.9 Å². The Morgan fingerprint density at radius 2 is 2.25 bits per heavy atom. The lowest BCUT2D eigenvalue weighted by atomic mass is 10.3. The van der Waals surface area contributed by atoms with E-state index in [1.54, 1.807) is 0 Å². The zero-order valence-electron chi connectivity index (χ0n) is 8.62. The lowest BCUT2D eigenvalue weighted by Crippen LogP contribution is -2.23. The first-order chi connectivity index (χ1) is 7.59. The van der Waals surface area contributed by atoms with Crippen molar-refractivity contribution in [3.63, 3.8) is 0 Å². The van der Waals surface area contributed by atoms with Crippen LogP contribution in [-0.4, -0.2) is 20.8 Å². The molecule has 0 spiro atoms. The lowest BCUT2D eigenvalue weighted by Gasteiger charge is -1.89. The zero-order valence-corrected chi connectivity index (χ0v) is 9.44. The molecule has 1 heterocycles. The van der Waals surface area contributed by atoms with Crippen LogP contribution in [0.5, 0.6) is 0 Å². The molecular formula is C10H10N2O3S. The van der Waals surface area contributed by atoms with E-state index < -0.39 is 11.2 Å². The van der Waals surface area contributed by atoms with Gasteiger partial charge in [0.05, 0.1) is 0 Å². The SMILES string of the molecule is CC(=O)SCCC#Cc1c[nH]c(=O)[nH]c1=O. The van der Waals surface area contributed by atoms with Crippen molar-refractivity contribution < 1.29 is 4.79 Å². The molecule has 84 valence electrons. The second-order valence-corrected chi connectivity index (χ2v) is 4.15. The van der Waals surface area contributed by atoms with Crippen LogP contribution in [0.3, 0.4) is 0 Å².